The molecule has 0 aliphatic heterocycles. The minimum atomic E-state index is -0.394. The van der Waals surface area contributed by atoms with Crippen LogP contribution >= 0.6 is 27.5 Å². The van der Waals surface area contributed by atoms with Gasteiger partial charge in [0.2, 0.25) is 0 Å². The molecule has 0 aromatic heterocycles. The highest BCUT2D eigenvalue weighted by molar-refractivity contribution is 9.10. The van der Waals surface area contributed by atoms with E-state index < -0.39 is 5.82 Å². The second-order valence-electron chi connectivity index (χ2n) is 3.91. The first-order chi connectivity index (χ1) is 8.65. The maximum atomic E-state index is 14.2. The molecule has 1 nitrogen and oxygen atoms in total. The van der Waals surface area contributed by atoms with Crippen molar-refractivity contribution in [1.82, 2.24) is 5.32 Å². The van der Waals surface area contributed by atoms with Gasteiger partial charge < -0.3 is 5.32 Å². The minimum Gasteiger partial charge on any atom is -0.316 e. The van der Waals surface area contributed by atoms with E-state index >= 15 is 0 Å². The highest BCUT2D eigenvalue weighted by atomic mass is 79.9. The van der Waals surface area contributed by atoms with Gasteiger partial charge in [0.15, 0.2) is 5.82 Å². The monoisotopic (exact) mass is 327 g/mol. The molecule has 0 radical (unpaired) electrons. The molecule has 1 N–H and O–H groups in total. The minimum absolute atomic E-state index is 0.117. The summed E-state index contributed by atoms with van der Waals surface area (Å²) in [5, 5.41) is 3.19. The zero-order valence-corrected chi connectivity index (χ0v) is 12.1. The molecule has 0 spiro atoms. The van der Waals surface area contributed by atoms with Gasteiger partial charge in [-0.3, -0.25) is 0 Å². The van der Waals surface area contributed by atoms with E-state index in [-0.39, 0.29) is 5.02 Å². The predicted molar refractivity (Wildman–Crippen MR) is 77.3 cm³/mol. The topological polar surface area (TPSA) is 12.0 Å². The average molecular weight is 329 g/mol. The van der Waals surface area contributed by atoms with Gasteiger partial charge in [-0.25, -0.2) is 4.39 Å². The van der Waals surface area contributed by atoms with E-state index in [0.717, 1.165) is 11.1 Å². The summed E-state index contributed by atoms with van der Waals surface area (Å²) in [4.78, 5) is 0. The number of hydrogen-bond acceptors (Lipinski definition) is 1. The molecule has 0 fully saturated rings. The molecule has 2 aromatic carbocycles. The number of halogens is 3. The molecule has 0 atom stereocenters. The van der Waals surface area contributed by atoms with Crippen LogP contribution in [0.5, 0.6) is 0 Å². The summed E-state index contributed by atoms with van der Waals surface area (Å²) in [7, 11) is 1.86. The first-order valence-corrected chi connectivity index (χ1v) is 6.68. The molecular formula is C14H12BrClFN. The van der Waals surface area contributed by atoms with Crippen molar-refractivity contribution < 1.29 is 4.39 Å². The molecule has 0 aliphatic carbocycles. The third kappa shape index (κ3) is 2.58. The molecule has 0 saturated carbocycles. The lowest BCUT2D eigenvalue weighted by Gasteiger charge is -2.11. The van der Waals surface area contributed by atoms with E-state index in [1.165, 1.54) is 0 Å². The highest BCUT2D eigenvalue weighted by Crippen LogP contribution is 2.34. The van der Waals surface area contributed by atoms with Crippen molar-refractivity contribution in [3.63, 3.8) is 0 Å². The SMILES string of the molecule is CNCc1ccccc1-c1ccc(Br)c(Cl)c1F. The molecule has 4 heteroatoms. The van der Waals surface area contributed by atoms with Crippen LogP contribution < -0.4 is 5.32 Å². The van der Waals surface area contributed by atoms with Crippen molar-refractivity contribution in [3.8, 4) is 11.1 Å². The third-order valence-electron chi connectivity index (χ3n) is 2.71. The number of hydrogen-bond donors (Lipinski definition) is 1. The van der Waals surface area contributed by atoms with Crippen LogP contribution in [-0.2, 0) is 6.54 Å². The largest absolute Gasteiger partial charge is 0.316 e. The molecule has 0 heterocycles. The van der Waals surface area contributed by atoms with E-state index in [1.54, 1.807) is 12.1 Å². The van der Waals surface area contributed by atoms with Crippen LogP contribution in [0.15, 0.2) is 40.9 Å². The average Bonchev–Trinajstić information content (AvgIpc) is 2.38. The predicted octanol–water partition coefficient (Wildman–Crippen LogP) is 4.63. The van der Waals surface area contributed by atoms with Gasteiger partial charge in [-0.05, 0) is 40.2 Å². The van der Waals surface area contributed by atoms with E-state index in [4.69, 9.17) is 11.6 Å². The number of benzene rings is 2. The molecule has 2 rings (SSSR count). The van der Waals surface area contributed by atoms with Crippen LogP contribution in [0.2, 0.25) is 5.02 Å². The smallest absolute Gasteiger partial charge is 0.150 e. The molecule has 18 heavy (non-hydrogen) atoms. The zero-order chi connectivity index (χ0) is 13.1. The summed E-state index contributed by atoms with van der Waals surface area (Å²) in [6.45, 7) is 0.684. The number of nitrogens with one attached hydrogen (secondary N) is 1. The molecule has 0 amide bonds. The molecule has 0 bridgehead atoms. The van der Waals surface area contributed by atoms with Crippen LogP contribution in [-0.4, -0.2) is 7.05 Å². The summed E-state index contributed by atoms with van der Waals surface area (Å²) >= 11 is 9.14. The fraction of sp³-hybridized carbons (Fsp3) is 0.143. The molecule has 0 unspecified atom stereocenters. The summed E-state index contributed by atoms with van der Waals surface area (Å²) in [6.07, 6.45) is 0. The Kier molecular flexibility index (Phi) is 4.38. The quantitative estimate of drug-likeness (QED) is 0.810. The lowest BCUT2D eigenvalue weighted by atomic mass is 9.99. The second-order valence-corrected chi connectivity index (χ2v) is 5.14. The first kappa shape index (κ1) is 13.5. The Bertz CT molecular complexity index is 572. The Balaban J connectivity index is 2.59. The van der Waals surface area contributed by atoms with Crippen molar-refractivity contribution in [3.05, 3.63) is 57.3 Å². The second kappa shape index (κ2) is 5.83. The van der Waals surface area contributed by atoms with Gasteiger partial charge >= 0.3 is 0 Å². The van der Waals surface area contributed by atoms with E-state index in [2.05, 4.69) is 21.2 Å². The molecule has 0 aliphatic rings. The lowest BCUT2D eigenvalue weighted by molar-refractivity contribution is 0.630. The molecule has 94 valence electrons. The van der Waals surface area contributed by atoms with Gasteiger partial charge in [0.25, 0.3) is 0 Å². The van der Waals surface area contributed by atoms with E-state index in [9.17, 15) is 4.39 Å². The zero-order valence-electron chi connectivity index (χ0n) is 9.81. The Morgan fingerprint density at radius 2 is 1.89 bits per heavy atom. The molecule has 0 saturated heterocycles. The van der Waals surface area contributed by atoms with Gasteiger partial charge in [-0.15, -0.1) is 0 Å². The first-order valence-electron chi connectivity index (χ1n) is 5.51. The summed E-state index contributed by atoms with van der Waals surface area (Å²) in [6, 6.07) is 11.2. The fourth-order valence-electron chi connectivity index (χ4n) is 1.86. The van der Waals surface area contributed by atoms with Crippen molar-refractivity contribution in [1.29, 1.82) is 0 Å². The maximum Gasteiger partial charge on any atom is 0.150 e. The highest BCUT2D eigenvalue weighted by Gasteiger charge is 2.13. The van der Waals surface area contributed by atoms with Gasteiger partial charge in [0.1, 0.15) is 0 Å². The lowest BCUT2D eigenvalue weighted by Crippen LogP contribution is -2.06. The molecular weight excluding hydrogens is 317 g/mol. The van der Waals surface area contributed by atoms with E-state index in [0.29, 0.717) is 16.6 Å². The van der Waals surface area contributed by atoms with Crippen LogP contribution in [0.1, 0.15) is 5.56 Å². The Morgan fingerprint density at radius 1 is 1.17 bits per heavy atom. The molecule has 2 aromatic rings. The van der Waals surface area contributed by atoms with Crippen molar-refractivity contribution >= 4 is 27.5 Å². The normalized spacial score (nSPS) is 10.7. The fourth-order valence-corrected chi connectivity index (χ4v) is 2.33. The summed E-state index contributed by atoms with van der Waals surface area (Å²) < 4.78 is 14.8. The van der Waals surface area contributed by atoms with Crippen LogP contribution in [0.4, 0.5) is 4.39 Å². The third-order valence-corrected chi connectivity index (χ3v) is 3.97. The van der Waals surface area contributed by atoms with Gasteiger partial charge in [-0.1, -0.05) is 41.9 Å². The Hall–Kier alpha value is -0.900. The van der Waals surface area contributed by atoms with Crippen LogP contribution in [0, 0.1) is 5.82 Å². The van der Waals surface area contributed by atoms with Crippen molar-refractivity contribution in [2.75, 3.05) is 7.05 Å². The maximum absolute atomic E-state index is 14.2. The standard InChI is InChI=1S/C14H12BrClFN/c1-18-8-9-4-2-3-5-10(9)11-6-7-12(15)13(16)14(11)17/h2-7,18H,8H2,1H3. The number of rotatable bonds is 3. The summed E-state index contributed by atoms with van der Waals surface area (Å²) in [5.74, 6) is -0.394. The van der Waals surface area contributed by atoms with Crippen molar-refractivity contribution in [2.45, 2.75) is 6.54 Å². The Morgan fingerprint density at radius 3 is 2.61 bits per heavy atom. The van der Waals surface area contributed by atoms with E-state index in [1.807, 2.05) is 31.3 Å². The van der Waals surface area contributed by atoms with Gasteiger partial charge in [-0.2, -0.15) is 0 Å². The van der Waals surface area contributed by atoms with Crippen molar-refractivity contribution in [2.24, 2.45) is 0 Å². The van der Waals surface area contributed by atoms with Crippen LogP contribution in [0.3, 0.4) is 0 Å². The Labute approximate surface area is 119 Å². The summed E-state index contributed by atoms with van der Waals surface area (Å²) in [5.41, 5.74) is 2.42. The van der Waals surface area contributed by atoms with Gasteiger partial charge in [0.05, 0.1) is 5.02 Å². The van der Waals surface area contributed by atoms with Crippen LogP contribution in [0.25, 0.3) is 11.1 Å². The van der Waals surface area contributed by atoms with Gasteiger partial charge in [0, 0.05) is 16.6 Å².